The molecule has 1 saturated heterocycles. The summed E-state index contributed by atoms with van der Waals surface area (Å²) >= 11 is 0. The quantitative estimate of drug-likeness (QED) is 0.527. The molecule has 0 bridgehead atoms. The van der Waals surface area contributed by atoms with Gasteiger partial charge in [0.1, 0.15) is 0 Å². The van der Waals surface area contributed by atoms with E-state index in [1.165, 1.54) is 5.01 Å². The van der Waals surface area contributed by atoms with E-state index in [1.54, 1.807) is 0 Å². The molecule has 2 N–H and O–H groups in total. The van der Waals surface area contributed by atoms with Crippen LogP contribution < -0.4 is 5.84 Å². The standard InChI is InChI=1S/C9H19N3O/c1-8(2)4-7-11-5-3-6-12(10)9(11)13/h8H,3-7,10H2,1-2H3. The number of urea groups is 1. The van der Waals surface area contributed by atoms with Gasteiger partial charge in [-0.05, 0) is 18.8 Å². The van der Waals surface area contributed by atoms with Gasteiger partial charge in [0.2, 0.25) is 0 Å². The molecule has 1 rings (SSSR count). The van der Waals surface area contributed by atoms with Gasteiger partial charge in [-0.25, -0.2) is 10.6 Å². The van der Waals surface area contributed by atoms with Crippen molar-refractivity contribution in [3.05, 3.63) is 0 Å². The Morgan fingerprint density at radius 1 is 1.46 bits per heavy atom. The summed E-state index contributed by atoms with van der Waals surface area (Å²) in [6.07, 6.45) is 2.04. The molecule has 1 heterocycles. The van der Waals surface area contributed by atoms with Crippen LogP contribution in [0.25, 0.3) is 0 Å². The molecule has 76 valence electrons. The van der Waals surface area contributed by atoms with Crippen LogP contribution in [0.15, 0.2) is 0 Å². The van der Waals surface area contributed by atoms with Crippen LogP contribution in [0.4, 0.5) is 4.79 Å². The highest BCUT2D eigenvalue weighted by Gasteiger charge is 2.22. The molecule has 0 aliphatic carbocycles. The van der Waals surface area contributed by atoms with Gasteiger partial charge in [0.05, 0.1) is 0 Å². The largest absolute Gasteiger partial charge is 0.334 e. The Morgan fingerprint density at radius 2 is 2.15 bits per heavy atom. The van der Waals surface area contributed by atoms with Crippen molar-refractivity contribution in [1.29, 1.82) is 0 Å². The Balaban J connectivity index is 2.35. The van der Waals surface area contributed by atoms with Gasteiger partial charge in [0.25, 0.3) is 0 Å². The van der Waals surface area contributed by atoms with E-state index in [0.717, 1.165) is 25.9 Å². The fraction of sp³-hybridized carbons (Fsp3) is 0.889. The van der Waals surface area contributed by atoms with Gasteiger partial charge in [-0.2, -0.15) is 0 Å². The molecule has 1 fully saturated rings. The van der Waals surface area contributed by atoms with Crippen LogP contribution in [0.5, 0.6) is 0 Å². The SMILES string of the molecule is CC(C)CCN1CCCN(N)C1=O. The Kier molecular flexibility index (Phi) is 3.54. The van der Waals surface area contributed by atoms with Crippen molar-refractivity contribution in [2.75, 3.05) is 19.6 Å². The summed E-state index contributed by atoms with van der Waals surface area (Å²) in [7, 11) is 0. The third-order valence-electron chi connectivity index (χ3n) is 2.32. The van der Waals surface area contributed by atoms with Crippen LogP contribution >= 0.6 is 0 Å². The summed E-state index contributed by atoms with van der Waals surface area (Å²) < 4.78 is 0. The zero-order chi connectivity index (χ0) is 9.84. The minimum Gasteiger partial charge on any atom is -0.323 e. The monoisotopic (exact) mass is 185 g/mol. The van der Waals surface area contributed by atoms with E-state index >= 15 is 0 Å². The Bertz CT molecular complexity index is 182. The van der Waals surface area contributed by atoms with Crippen LogP contribution in [0.3, 0.4) is 0 Å². The molecule has 0 radical (unpaired) electrons. The van der Waals surface area contributed by atoms with Gasteiger partial charge in [-0.1, -0.05) is 13.8 Å². The summed E-state index contributed by atoms with van der Waals surface area (Å²) in [4.78, 5) is 13.3. The summed E-state index contributed by atoms with van der Waals surface area (Å²) in [6, 6.07) is -0.0214. The lowest BCUT2D eigenvalue weighted by atomic mass is 10.1. The number of hydrogen-bond donors (Lipinski definition) is 1. The van der Waals surface area contributed by atoms with Crippen molar-refractivity contribution < 1.29 is 4.79 Å². The molecule has 0 aromatic carbocycles. The lowest BCUT2D eigenvalue weighted by Crippen LogP contribution is -2.52. The maximum absolute atomic E-state index is 11.5. The van der Waals surface area contributed by atoms with E-state index in [-0.39, 0.29) is 6.03 Å². The van der Waals surface area contributed by atoms with E-state index in [4.69, 9.17) is 5.84 Å². The van der Waals surface area contributed by atoms with Crippen molar-refractivity contribution in [2.45, 2.75) is 26.7 Å². The van der Waals surface area contributed by atoms with Crippen LogP contribution in [0.1, 0.15) is 26.7 Å². The van der Waals surface area contributed by atoms with Gasteiger partial charge in [0, 0.05) is 19.6 Å². The molecule has 0 spiro atoms. The number of hydrogen-bond acceptors (Lipinski definition) is 2. The molecule has 1 aliphatic rings. The molecule has 0 saturated carbocycles. The first-order valence-electron chi connectivity index (χ1n) is 4.92. The van der Waals surface area contributed by atoms with Crippen LogP contribution in [0, 0.1) is 5.92 Å². The van der Waals surface area contributed by atoms with Crippen molar-refractivity contribution in [3.8, 4) is 0 Å². The van der Waals surface area contributed by atoms with E-state index in [0.29, 0.717) is 12.5 Å². The first-order valence-corrected chi connectivity index (χ1v) is 4.92. The molecular formula is C9H19N3O. The van der Waals surface area contributed by atoms with Crippen molar-refractivity contribution in [1.82, 2.24) is 9.91 Å². The van der Waals surface area contributed by atoms with Crippen LogP contribution in [-0.4, -0.2) is 35.6 Å². The Hall–Kier alpha value is -0.770. The molecule has 2 amide bonds. The zero-order valence-electron chi connectivity index (χ0n) is 8.49. The highest BCUT2D eigenvalue weighted by atomic mass is 16.2. The number of rotatable bonds is 3. The first-order chi connectivity index (χ1) is 6.11. The molecule has 13 heavy (non-hydrogen) atoms. The van der Waals surface area contributed by atoms with Crippen LogP contribution in [-0.2, 0) is 0 Å². The molecule has 0 atom stereocenters. The summed E-state index contributed by atoms with van der Waals surface area (Å²) in [5.74, 6) is 6.16. The van der Waals surface area contributed by atoms with Crippen molar-refractivity contribution in [2.24, 2.45) is 11.8 Å². The number of carbonyl (C=O) groups excluding carboxylic acids is 1. The Labute approximate surface area is 79.6 Å². The fourth-order valence-corrected chi connectivity index (χ4v) is 1.43. The van der Waals surface area contributed by atoms with E-state index in [2.05, 4.69) is 13.8 Å². The van der Waals surface area contributed by atoms with Gasteiger partial charge >= 0.3 is 6.03 Å². The summed E-state index contributed by atoms with van der Waals surface area (Å²) in [5.41, 5.74) is 0. The minimum atomic E-state index is -0.0214. The van der Waals surface area contributed by atoms with E-state index < -0.39 is 0 Å². The zero-order valence-corrected chi connectivity index (χ0v) is 8.49. The second-order valence-electron chi connectivity index (χ2n) is 4.00. The van der Waals surface area contributed by atoms with Gasteiger partial charge in [0.15, 0.2) is 0 Å². The molecule has 0 unspecified atom stereocenters. The molecule has 0 aromatic rings. The fourth-order valence-electron chi connectivity index (χ4n) is 1.43. The average molecular weight is 185 g/mol. The van der Waals surface area contributed by atoms with E-state index in [9.17, 15) is 4.79 Å². The molecule has 0 aromatic heterocycles. The Morgan fingerprint density at radius 3 is 2.77 bits per heavy atom. The van der Waals surface area contributed by atoms with Crippen molar-refractivity contribution >= 4 is 6.03 Å². The molecular weight excluding hydrogens is 166 g/mol. The predicted octanol–water partition coefficient (Wildman–Crippen LogP) is 1.03. The lowest BCUT2D eigenvalue weighted by molar-refractivity contribution is 0.128. The maximum Gasteiger partial charge on any atom is 0.334 e. The maximum atomic E-state index is 11.5. The predicted molar refractivity (Wildman–Crippen MR) is 51.9 cm³/mol. The number of amides is 2. The van der Waals surface area contributed by atoms with Gasteiger partial charge in [-0.3, -0.25) is 5.01 Å². The molecule has 4 nitrogen and oxygen atoms in total. The molecule has 1 aliphatic heterocycles. The number of nitrogens with two attached hydrogens (primary N) is 1. The smallest absolute Gasteiger partial charge is 0.323 e. The summed E-state index contributed by atoms with van der Waals surface area (Å²) in [5, 5.41) is 1.31. The normalized spacial score (nSPS) is 18.6. The summed E-state index contributed by atoms with van der Waals surface area (Å²) in [6.45, 7) is 6.71. The highest BCUT2D eigenvalue weighted by Crippen LogP contribution is 2.08. The topological polar surface area (TPSA) is 49.6 Å². The van der Waals surface area contributed by atoms with Crippen LogP contribution in [0.2, 0.25) is 0 Å². The third kappa shape index (κ3) is 2.88. The molecule has 4 heteroatoms. The second kappa shape index (κ2) is 4.46. The number of nitrogens with zero attached hydrogens (tertiary/aromatic N) is 2. The third-order valence-corrected chi connectivity index (χ3v) is 2.32. The first kappa shape index (κ1) is 10.3. The second-order valence-corrected chi connectivity index (χ2v) is 4.00. The van der Waals surface area contributed by atoms with Gasteiger partial charge < -0.3 is 4.90 Å². The highest BCUT2D eigenvalue weighted by molar-refractivity contribution is 5.74. The van der Waals surface area contributed by atoms with Gasteiger partial charge in [-0.15, -0.1) is 0 Å². The van der Waals surface area contributed by atoms with E-state index in [1.807, 2.05) is 4.90 Å². The average Bonchev–Trinajstić information content (AvgIpc) is 2.07. The number of hydrazine groups is 1. The van der Waals surface area contributed by atoms with Crippen molar-refractivity contribution in [3.63, 3.8) is 0 Å². The minimum absolute atomic E-state index is 0.0214. The number of carbonyl (C=O) groups is 1. The lowest BCUT2D eigenvalue weighted by Gasteiger charge is -2.33.